The molecule has 2 rings (SSSR count). The predicted octanol–water partition coefficient (Wildman–Crippen LogP) is 1.16. The van der Waals surface area contributed by atoms with Crippen LogP contribution >= 0.6 is 0 Å². The van der Waals surface area contributed by atoms with Crippen molar-refractivity contribution >= 4 is 21.8 Å². The Morgan fingerprint density at radius 1 is 1.00 bits per heavy atom. The summed E-state index contributed by atoms with van der Waals surface area (Å²) in [6.45, 7) is 4.35. The van der Waals surface area contributed by atoms with E-state index in [1.807, 2.05) is 6.07 Å². The number of hydrogen-bond donors (Lipinski definition) is 2. The lowest BCUT2D eigenvalue weighted by atomic mass is 10.2. The molecule has 150 valence electrons. The van der Waals surface area contributed by atoms with Crippen LogP contribution in [-0.2, 0) is 21.4 Å². The summed E-state index contributed by atoms with van der Waals surface area (Å²) in [7, 11) is -3.57. The summed E-state index contributed by atoms with van der Waals surface area (Å²) in [4.78, 5) is 28.2. The van der Waals surface area contributed by atoms with Crippen LogP contribution < -0.4 is 10.6 Å². The summed E-state index contributed by atoms with van der Waals surface area (Å²) in [5, 5.41) is 5.17. The topological polar surface area (TPSA) is 108 Å². The van der Waals surface area contributed by atoms with Gasteiger partial charge in [-0.3, -0.25) is 14.6 Å². The fourth-order valence-corrected chi connectivity index (χ4v) is 3.97. The van der Waals surface area contributed by atoms with Crippen molar-refractivity contribution in [3.63, 3.8) is 0 Å². The summed E-state index contributed by atoms with van der Waals surface area (Å²) in [6.07, 6.45) is 1.63. The Kier molecular flexibility index (Phi) is 7.65. The van der Waals surface area contributed by atoms with Crippen molar-refractivity contribution in [2.24, 2.45) is 0 Å². The van der Waals surface area contributed by atoms with Gasteiger partial charge in [0, 0.05) is 24.8 Å². The van der Waals surface area contributed by atoms with Gasteiger partial charge in [-0.05, 0) is 36.4 Å². The van der Waals surface area contributed by atoms with E-state index in [4.69, 9.17) is 0 Å². The van der Waals surface area contributed by atoms with Crippen molar-refractivity contribution in [2.45, 2.75) is 25.3 Å². The molecule has 2 N–H and O–H groups in total. The van der Waals surface area contributed by atoms with Crippen molar-refractivity contribution in [2.75, 3.05) is 19.6 Å². The Morgan fingerprint density at radius 3 is 2.25 bits per heavy atom. The molecular weight excluding hydrogens is 380 g/mol. The van der Waals surface area contributed by atoms with E-state index in [0.717, 1.165) is 0 Å². The number of carbonyl (C=O) groups is 2. The summed E-state index contributed by atoms with van der Waals surface area (Å²) in [5.41, 5.74) is 0.989. The number of benzene rings is 1. The van der Waals surface area contributed by atoms with Crippen LogP contribution in [0.1, 0.15) is 29.9 Å². The van der Waals surface area contributed by atoms with Gasteiger partial charge in [-0.2, -0.15) is 4.31 Å². The van der Waals surface area contributed by atoms with Crippen molar-refractivity contribution in [3.05, 3.63) is 59.9 Å². The van der Waals surface area contributed by atoms with Crippen LogP contribution in [0.3, 0.4) is 0 Å². The smallest absolute Gasteiger partial charge is 0.251 e. The van der Waals surface area contributed by atoms with Gasteiger partial charge in [0.15, 0.2) is 0 Å². The second-order valence-electron chi connectivity index (χ2n) is 5.89. The molecule has 9 heteroatoms. The van der Waals surface area contributed by atoms with E-state index in [0.29, 0.717) is 18.8 Å². The molecule has 0 aliphatic heterocycles. The van der Waals surface area contributed by atoms with Crippen molar-refractivity contribution in [1.82, 2.24) is 19.9 Å². The highest BCUT2D eigenvalue weighted by atomic mass is 32.2. The van der Waals surface area contributed by atoms with E-state index in [9.17, 15) is 18.0 Å². The van der Waals surface area contributed by atoms with Crippen LogP contribution in [-0.4, -0.2) is 49.2 Å². The van der Waals surface area contributed by atoms with Crippen molar-refractivity contribution < 1.29 is 18.0 Å². The third kappa shape index (κ3) is 5.61. The number of nitrogens with zero attached hydrogens (tertiary/aromatic N) is 2. The Hall–Kier alpha value is -2.78. The zero-order valence-electron chi connectivity index (χ0n) is 15.9. The number of pyridine rings is 1. The fraction of sp³-hybridized carbons (Fsp3) is 0.316. The molecule has 0 aliphatic carbocycles. The highest BCUT2D eigenvalue weighted by Crippen LogP contribution is 2.16. The van der Waals surface area contributed by atoms with Crippen LogP contribution in [0.4, 0.5) is 0 Å². The molecule has 0 fully saturated rings. The molecular formula is C19H24N4O4S. The molecule has 0 radical (unpaired) electrons. The van der Waals surface area contributed by atoms with Crippen LogP contribution in [0.5, 0.6) is 0 Å². The first kappa shape index (κ1) is 21.5. The van der Waals surface area contributed by atoms with Crippen molar-refractivity contribution in [3.8, 4) is 0 Å². The largest absolute Gasteiger partial charge is 0.349 e. The Bertz CT molecular complexity index is 895. The molecule has 1 aromatic heterocycles. The van der Waals surface area contributed by atoms with Crippen LogP contribution in [0.2, 0.25) is 0 Å². The van der Waals surface area contributed by atoms with Gasteiger partial charge in [0.2, 0.25) is 15.9 Å². The minimum absolute atomic E-state index is 0.126. The zero-order valence-corrected chi connectivity index (χ0v) is 16.7. The quantitative estimate of drug-likeness (QED) is 0.652. The molecule has 8 nitrogen and oxygen atoms in total. The lowest BCUT2D eigenvalue weighted by Crippen LogP contribution is -2.36. The van der Waals surface area contributed by atoms with E-state index < -0.39 is 15.9 Å². The van der Waals surface area contributed by atoms with Crippen molar-refractivity contribution in [1.29, 1.82) is 0 Å². The van der Waals surface area contributed by atoms with Gasteiger partial charge >= 0.3 is 0 Å². The lowest BCUT2D eigenvalue weighted by molar-refractivity contribution is -0.120. The first-order valence-electron chi connectivity index (χ1n) is 8.93. The number of aromatic nitrogens is 1. The van der Waals surface area contributed by atoms with Gasteiger partial charge in [-0.15, -0.1) is 0 Å². The van der Waals surface area contributed by atoms with E-state index in [1.54, 1.807) is 32.2 Å². The maximum absolute atomic E-state index is 12.4. The van der Waals surface area contributed by atoms with E-state index in [-0.39, 0.29) is 29.5 Å². The third-order valence-electron chi connectivity index (χ3n) is 4.06. The molecule has 2 amide bonds. The maximum Gasteiger partial charge on any atom is 0.251 e. The Balaban J connectivity index is 1.90. The van der Waals surface area contributed by atoms with Gasteiger partial charge in [-0.25, -0.2) is 8.42 Å². The molecule has 0 unspecified atom stereocenters. The monoisotopic (exact) mass is 404 g/mol. The van der Waals surface area contributed by atoms with Gasteiger partial charge in [0.1, 0.15) is 0 Å². The molecule has 0 atom stereocenters. The first-order valence-corrected chi connectivity index (χ1v) is 10.4. The SMILES string of the molecule is CCN(CC)S(=O)(=O)c1ccc(C(=O)NCC(=O)NCc2ccccn2)cc1. The third-order valence-corrected chi connectivity index (χ3v) is 6.13. The van der Waals surface area contributed by atoms with Crippen LogP contribution in [0.15, 0.2) is 53.6 Å². The summed E-state index contributed by atoms with van der Waals surface area (Å²) >= 11 is 0. The number of nitrogens with one attached hydrogen (secondary N) is 2. The molecule has 0 saturated heterocycles. The Morgan fingerprint density at radius 2 is 1.68 bits per heavy atom. The van der Waals surface area contributed by atoms with E-state index in [2.05, 4.69) is 15.6 Å². The number of hydrogen-bond acceptors (Lipinski definition) is 5. The fourth-order valence-electron chi connectivity index (χ4n) is 2.51. The van der Waals surface area contributed by atoms with Gasteiger partial charge in [-0.1, -0.05) is 19.9 Å². The zero-order chi connectivity index (χ0) is 20.6. The molecule has 0 spiro atoms. The second kappa shape index (κ2) is 9.95. The first-order chi connectivity index (χ1) is 13.4. The standard InChI is InChI=1S/C19H24N4O4S/c1-3-23(4-2)28(26,27)17-10-8-15(9-11-17)19(25)22-14-18(24)21-13-16-7-5-6-12-20-16/h5-12H,3-4,13-14H2,1-2H3,(H,21,24)(H,22,25). The number of rotatable bonds is 9. The summed E-state index contributed by atoms with van der Waals surface area (Å²) in [6, 6.07) is 11.0. The van der Waals surface area contributed by atoms with Crippen LogP contribution in [0, 0.1) is 0 Å². The summed E-state index contributed by atoms with van der Waals surface area (Å²) in [5.74, 6) is -0.806. The minimum atomic E-state index is -3.57. The number of amides is 2. The van der Waals surface area contributed by atoms with Gasteiger partial charge < -0.3 is 10.6 Å². The maximum atomic E-state index is 12.4. The molecule has 28 heavy (non-hydrogen) atoms. The highest BCUT2D eigenvalue weighted by molar-refractivity contribution is 7.89. The van der Waals surface area contributed by atoms with Crippen LogP contribution in [0.25, 0.3) is 0 Å². The molecule has 0 bridgehead atoms. The normalized spacial score (nSPS) is 11.2. The average Bonchev–Trinajstić information content (AvgIpc) is 2.72. The molecule has 1 aromatic carbocycles. The second-order valence-corrected chi connectivity index (χ2v) is 7.83. The minimum Gasteiger partial charge on any atom is -0.349 e. The summed E-state index contributed by atoms with van der Waals surface area (Å²) < 4.78 is 26.2. The molecule has 0 aliphatic rings. The Labute approximate surface area is 165 Å². The predicted molar refractivity (Wildman–Crippen MR) is 105 cm³/mol. The van der Waals surface area contributed by atoms with E-state index >= 15 is 0 Å². The lowest BCUT2D eigenvalue weighted by Gasteiger charge is -2.18. The number of sulfonamides is 1. The van der Waals surface area contributed by atoms with Gasteiger partial charge in [0.25, 0.3) is 5.91 Å². The van der Waals surface area contributed by atoms with E-state index in [1.165, 1.54) is 28.6 Å². The van der Waals surface area contributed by atoms with Gasteiger partial charge in [0.05, 0.1) is 23.7 Å². The highest BCUT2D eigenvalue weighted by Gasteiger charge is 2.21. The number of carbonyl (C=O) groups excluding carboxylic acids is 2. The molecule has 1 heterocycles. The molecule has 2 aromatic rings. The average molecular weight is 404 g/mol. The molecule has 0 saturated carbocycles.